The maximum Gasteiger partial charge on any atom is 2.00 e. The third-order valence-electron chi connectivity index (χ3n) is 9.16. The van der Waals surface area contributed by atoms with Crippen LogP contribution in [0.4, 0.5) is 9.59 Å². The number of piperidine rings is 2. The van der Waals surface area contributed by atoms with Gasteiger partial charge in [0, 0.05) is 64.7 Å². The molecule has 3 saturated heterocycles. The molecular weight excluding hydrogens is 854 g/mol. The second-order valence-electron chi connectivity index (χ2n) is 16.2. The molecule has 0 radical (unpaired) electrons. The van der Waals surface area contributed by atoms with Crippen molar-refractivity contribution in [3.8, 4) is 11.5 Å². The van der Waals surface area contributed by atoms with Crippen LogP contribution in [-0.4, -0.2) is 141 Å². The average molecular weight is 926 g/mol. The van der Waals surface area contributed by atoms with E-state index in [4.69, 9.17) is 28.5 Å². The number of nitrogens with zero attached hydrogens (tertiary/aromatic N) is 3. The zero-order chi connectivity index (χ0) is 42.6. The molecule has 0 unspecified atom stereocenters. The Balaban J connectivity index is -0.000000394. The van der Waals surface area contributed by atoms with Crippen molar-refractivity contribution < 1.29 is 55.3 Å². The zero-order valence-corrected chi connectivity index (χ0v) is 40.7. The van der Waals surface area contributed by atoms with Crippen molar-refractivity contribution in [2.24, 2.45) is 11.8 Å². The Morgan fingerprint density at radius 3 is 1.57 bits per heavy atom. The molecule has 0 bridgehead atoms. The van der Waals surface area contributed by atoms with Gasteiger partial charge in [0.2, 0.25) is 5.91 Å². The van der Waals surface area contributed by atoms with Crippen molar-refractivity contribution in [3.05, 3.63) is 66.6 Å². The second-order valence-corrected chi connectivity index (χ2v) is 16.2. The molecule has 0 aliphatic carbocycles. The summed E-state index contributed by atoms with van der Waals surface area (Å²) in [5, 5.41) is 1.24. The monoisotopic (exact) mass is 924 g/mol. The smallest absolute Gasteiger partial charge is 1.00 e. The Kier molecular flexibility index (Phi) is 29.2. The summed E-state index contributed by atoms with van der Waals surface area (Å²) in [5.74, 6) is 1.75. The van der Waals surface area contributed by atoms with Gasteiger partial charge in [-0.3, -0.25) is 14.4 Å². The molecule has 0 saturated carbocycles. The number of amides is 3. The molecule has 0 atom stereocenters. The fraction of sp³-hybridized carbons (Fsp3) is 0.614. The maximum absolute atomic E-state index is 12.5. The largest absolute Gasteiger partial charge is 2.00 e. The Morgan fingerprint density at radius 2 is 1.20 bits per heavy atom. The molecule has 3 aliphatic heterocycles. The molecule has 5 rings (SSSR count). The number of likely N-dealkylation sites (tertiary alicyclic amines) is 2. The van der Waals surface area contributed by atoms with Gasteiger partial charge in [0.25, 0.3) is 0 Å². The van der Waals surface area contributed by atoms with Crippen molar-refractivity contribution in [2.45, 2.75) is 97.7 Å². The van der Waals surface area contributed by atoms with E-state index in [0.29, 0.717) is 58.3 Å². The number of carbonyl (C=O) groups is 4. The minimum atomic E-state index is -0.490. The Bertz CT molecular complexity index is 1540. The first-order valence-electron chi connectivity index (χ1n) is 19.8. The second kappa shape index (κ2) is 29.9. The van der Waals surface area contributed by atoms with Crippen LogP contribution in [0.2, 0.25) is 0 Å². The van der Waals surface area contributed by atoms with Crippen LogP contribution < -0.4 is 14.2 Å². The molecule has 3 aliphatic rings. The van der Waals surface area contributed by atoms with Crippen molar-refractivity contribution in [1.29, 1.82) is 0 Å². The first-order chi connectivity index (χ1) is 26.8. The van der Waals surface area contributed by atoms with E-state index in [1.54, 1.807) is 31.1 Å². The fourth-order valence-electron chi connectivity index (χ4n) is 6.00. The van der Waals surface area contributed by atoms with Crippen molar-refractivity contribution >= 4 is 63.9 Å². The van der Waals surface area contributed by atoms with Gasteiger partial charge < -0.3 is 41.0 Å². The Labute approximate surface area is 387 Å². The molecule has 2 aromatic carbocycles. The van der Waals surface area contributed by atoms with Gasteiger partial charge in [-0.15, -0.1) is 29.1 Å². The van der Waals surface area contributed by atoms with Gasteiger partial charge in [-0.1, -0.05) is 12.1 Å². The van der Waals surface area contributed by atoms with Gasteiger partial charge in [-0.05, 0) is 104 Å². The number of hydroxylamine groups is 2. The van der Waals surface area contributed by atoms with Crippen LogP contribution in [0, 0.1) is 18.8 Å². The molecule has 3 fully saturated rings. The van der Waals surface area contributed by atoms with E-state index in [9.17, 15) is 19.2 Å². The average Bonchev–Trinajstić information content (AvgIpc) is 3.77. The minimum absolute atomic E-state index is 0. The van der Waals surface area contributed by atoms with Gasteiger partial charge in [-0.2, -0.15) is 18.6 Å². The van der Waals surface area contributed by atoms with E-state index in [-0.39, 0.29) is 83.3 Å². The molecule has 0 aromatic heterocycles. The Hall–Kier alpha value is -3.31. The molecule has 60 heavy (non-hydrogen) atoms. The van der Waals surface area contributed by atoms with E-state index in [0.717, 1.165) is 35.8 Å². The number of Topliss-reactive ketones (excluding diaryl/α,β-unsaturated/α-hetero) is 1. The number of benzene rings is 2. The number of halogens is 2. The van der Waals surface area contributed by atoms with Crippen LogP contribution in [0.3, 0.4) is 0 Å². The molecule has 13 nitrogen and oxygen atoms in total. The first-order valence-corrected chi connectivity index (χ1v) is 19.8. The van der Waals surface area contributed by atoms with Crippen molar-refractivity contribution in [3.63, 3.8) is 0 Å². The first kappa shape index (κ1) is 58.8. The molecular formula is C44H71BrFMgN3O10-2. The summed E-state index contributed by atoms with van der Waals surface area (Å²) in [5.41, 5.74) is 0.971. The van der Waals surface area contributed by atoms with Crippen LogP contribution in [0.15, 0.2) is 48.5 Å². The summed E-state index contributed by atoms with van der Waals surface area (Å²) in [6, 6.07) is 15.2. The van der Waals surface area contributed by atoms with E-state index in [1.165, 1.54) is 25.0 Å². The number of carbonyl (C=O) groups excluding carboxylic acids is 4. The third-order valence-corrected chi connectivity index (χ3v) is 9.16. The van der Waals surface area contributed by atoms with E-state index >= 15 is 0 Å². The van der Waals surface area contributed by atoms with E-state index in [2.05, 4.69) is 6.92 Å². The summed E-state index contributed by atoms with van der Waals surface area (Å²) < 4.78 is 25.8. The quantitative estimate of drug-likeness (QED) is 0.207. The summed E-state index contributed by atoms with van der Waals surface area (Å²) >= 11 is 0. The molecule has 2 aromatic rings. The minimum Gasteiger partial charge on any atom is -1.00 e. The standard InChI is InChI=1S/C19H27NO4.C13H24N2O4.C8H9O.C4H8O.BrH.FH.Mg.2H/c1-19(2,3)24-18(22)20-10-8-15(9-11-20)17(21)13-14-6-5-7-16(12-14)23-4;1-13(2,3)19-12(17)15-8-6-10(7-9-15)11(16)14(4)18-5;1-7-4-3-5-8(6-7)9-2;1-2-4-5-3-1;;;;;/h5-7,12,15H,8-11,13H2,1-4H3;10H,6-9H2,1-5H3;3-6H,1H2,2H3;1-4H2;2*1H;;;/q;;-1;;;;+2;2*-1/p-1/i;;;;;;;1+1;. The van der Waals surface area contributed by atoms with Crippen LogP contribution in [-0.2, 0) is 35.1 Å². The van der Waals surface area contributed by atoms with Crippen LogP contribution in [0.25, 0.3) is 0 Å². The maximum atomic E-state index is 12.5. The summed E-state index contributed by atoms with van der Waals surface area (Å²) in [7, 11) is 6.33. The van der Waals surface area contributed by atoms with Gasteiger partial charge >= 0.3 is 35.2 Å². The van der Waals surface area contributed by atoms with Gasteiger partial charge in [0.05, 0.1) is 27.1 Å². The van der Waals surface area contributed by atoms with Gasteiger partial charge in [0.1, 0.15) is 22.7 Å². The number of rotatable bonds is 7. The van der Waals surface area contributed by atoms with Gasteiger partial charge in [-0.25, -0.2) is 14.7 Å². The van der Waals surface area contributed by atoms with Crippen LogP contribution in [0.5, 0.6) is 11.5 Å². The molecule has 340 valence electrons. The van der Waals surface area contributed by atoms with E-state index in [1.807, 2.05) is 90.1 Å². The number of methoxy groups -OCH3 is 2. The van der Waals surface area contributed by atoms with E-state index < -0.39 is 11.2 Å². The zero-order valence-electron chi connectivity index (χ0n) is 39.6. The van der Waals surface area contributed by atoms with Gasteiger partial charge in [0.15, 0.2) is 0 Å². The Morgan fingerprint density at radius 1 is 0.767 bits per heavy atom. The fourth-order valence-corrected chi connectivity index (χ4v) is 6.00. The summed E-state index contributed by atoms with van der Waals surface area (Å²) in [4.78, 5) is 56.6. The number of ketones is 1. The normalized spacial score (nSPS) is 15.2. The SMILES string of the molecule is Br.C1CCOC1.CON(C)C(=O)C1CCN(C(=O)OC(C)(C)C)CC1.COc1cccc(CC(=O)C2CCN(C(=O)OC(C)(C)C)CC2)c1.[2H-].[CH2-]c1cccc(OC)c1.[F-].[H-].[Mg+2]. The molecule has 3 heterocycles. The van der Waals surface area contributed by atoms with Crippen LogP contribution in [0.1, 0.15) is 94.0 Å². The van der Waals surface area contributed by atoms with Crippen molar-refractivity contribution in [2.75, 3.05) is 67.8 Å². The van der Waals surface area contributed by atoms with Crippen LogP contribution >= 0.6 is 17.0 Å². The summed E-state index contributed by atoms with van der Waals surface area (Å²) in [6.07, 6.45) is 5.05. The number of hydrogen-bond donors (Lipinski definition) is 0. The molecule has 16 heteroatoms. The third kappa shape index (κ3) is 23.6. The topological polar surface area (TPSA) is 133 Å². The molecule has 0 spiro atoms. The number of ether oxygens (including phenoxy) is 5. The predicted octanol–water partition coefficient (Wildman–Crippen LogP) is 5.21. The van der Waals surface area contributed by atoms with Crippen molar-refractivity contribution in [1.82, 2.24) is 14.9 Å². The predicted molar refractivity (Wildman–Crippen MR) is 238 cm³/mol. The molecule has 3 amide bonds. The molecule has 0 N–H and O–H groups in total. The number of hydrogen-bond acceptors (Lipinski definition) is 10. The summed E-state index contributed by atoms with van der Waals surface area (Å²) in [6.45, 7) is 19.1.